The van der Waals surface area contributed by atoms with E-state index in [-0.39, 0.29) is 16.9 Å². The topological polar surface area (TPSA) is 92.7 Å². The van der Waals surface area contributed by atoms with E-state index in [1.807, 2.05) is 4.90 Å². The Kier molecular flexibility index (Phi) is 6.35. The molecule has 0 unspecified atom stereocenters. The van der Waals surface area contributed by atoms with Gasteiger partial charge in [0.15, 0.2) is 10.8 Å². The minimum absolute atomic E-state index is 0.0728. The van der Waals surface area contributed by atoms with E-state index in [0.717, 1.165) is 0 Å². The number of ether oxygens (including phenoxy) is 1. The summed E-state index contributed by atoms with van der Waals surface area (Å²) >= 11 is 5.83. The molecular formula is C18H21ClN4O4S. The smallest absolute Gasteiger partial charge is 0.409 e. The molecule has 0 spiro atoms. The quantitative estimate of drug-likeness (QED) is 0.727. The Hall–Kier alpha value is -2.39. The number of carbonyl (C=O) groups is 1. The summed E-state index contributed by atoms with van der Waals surface area (Å²) < 4.78 is 30.1. The maximum absolute atomic E-state index is 12.5. The lowest BCUT2D eigenvalue weighted by Gasteiger charge is -2.34. The summed E-state index contributed by atoms with van der Waals surface area (Å²) in [6.07, 6.45) is -0.322. The van der Waals surface area contributed by atoms with Crippen molar-refractivity contribution in [3.05, 3.63) is 47.0 Å². The number of aromatic nitrogens is 2. The van der Waals surface area contributed by atoms with Gasteiger partial charge in [-0.05, 0) is 36.8 Å². The summed E-state index contributed by atoms with van der Waals surface area (Å²) in [4.78, 5) is 15.3. The second-order valence-corrected chi connectivity index (χ2v) is 8.66. The van der Waals surface area contributed by atoms with Crippen LogP contribution in [0.2, 0.25) is 5.02 Å². The minimum Gasteiger partial charge on any atom is -0.450 e. The number of nitrogens with zero attached hydrogens (tertiary/aromatic N) is 4. The summed E-state index contributed by atoms with van der Waals surface area (Å²) in [5.74, 6) is 0.408. The van der Waals surface area contributed by atoms with Crippen molar-refractivity contribution in [2.24, 2.45) is 0 Å². The first-order valence-corrected chi connectivity index (χ1v) is 10.9. The lowest BCUT2D eigenvalue weighted by atomic mass is 10.2. The zero-order chi connectivity index (χ0) is 20.1. The van der Waals surface area contributed by atoms with Gasteiger partial charge in [0.1, 0.15) is 0 Å². The summed E-state index contributed by atoms with van der Waals surface area (Å²) in [5, 5.41) is 8.46. The van der Waals surface area contributed by atoms with Crippen molar-refractivity contribution < 1.29 is 17.9 Å². The molecule has 1 aliphatic rings. The highest BCUT2D eigenvalue weighted by atomic mass is 35.5. The molecule has 10 heteroatoms. The van der Waals surface area contributed by atoms with Gasteiger partial charge in [-0.3, -0.25) is 0 Å². The van der Waals surface area contributed by atoms with Crippen molar-refractivity contribution >= 4 is 33.3 Å². The van der Waals surface area contributed by atoms with E-state index in [1.54, 1.807) is 42.2 Å². The van der Waals surface area contributed by atoms with E-state index >= 15 is 0 Å². The number of rotatable bonds is 5. The Morgan fingerprint density at radius 3 is 2.32 bits per heavy atom. The fourth-order valence-electron chi connectivity index (χ4n) is 2.85. The van der Waals surface area contributed by atoms with Crippen molar-refractivity contribution in [1.29, 1.82) is 0 Å². The third-order valence-corrected chi connectivity index (χ3v) is 6.16. The fourth-order valence-corrected chi connectivity index (χ4v) is 4.20. The van der Waals surface area contributed by atoms with Crippen molar-refractivity contribution in [3.63, 3.8) is 0 Å². The molecule has 28 heavy (non-hydrogen) atoms. The van der Waals surface area contributed by atoms with Gasteiger partial charge in [-0.15, -0.1) is 10.2 Å². The molecule has 1 amide bonds. The Bertz CT molecular complexity index is 912. The van der Waals surface area contributed by atoms with Crippen molar-refractivity contribution in [1.82, 2.24) is 15.1 Å². The Labute approximate surface area is 169 Å². The van der Waals surface area contributed by atoms with Crippen LogP contribution in [0, 0.1) is 0 Å². The van der Waals surface area contributed by atoms with Gasteiger partial charge in [-0.1, -0.05) is 23.7 Å². The molecule has 2 aromatic rings. The molecule has 150 valence electrons. The molecule has 0 saturated carbocycles. The first-order chi connectivity index (χ1) is 13.4. The van der Waals surface area contributed by atoms with E-state index in [9.17, 15) is 13.2 Å². The van der Waals surface area contributed by atoms with E-state index in [2.05, 4.69) is 10.2 Å². The Balaban J connectivity index is 1.63. The number of piperazine rings is 1. The number of halogens is 1. The zero-order valence-corrected chi connectivity index (χ0v) is 17.0. The highest BCUT2D eigenvalue weighted by Gasteiger charge is 2.24. The van der Waals surface area contributed by atoms with Crippen molar-refractivity contribution in [3.8, 4) is 0 Å². The normalized spacial score (nSPS) is 14.8. The van der Waals surface area contributed by atoms with E-state index in [4.69, 9.17) is 16.3 Å². The van der Waals surface area contributed by atoms with Gasteiger partial charge < -0.3 is 14.5 Å². The lowest BCUT2D eigenvalue weighted by Crippen LogP contribution is -2.49. The van der Waals surface area contributed by atoms with Crippen LogP contribution in [-0.4, -0.2) is 62.4 Å². The molecule has 1 aromatic carbocycles. The molecule has 0 radical (unpaired) electrons. The third kappa shape index (κ3) is 4.90. The molecule has 1 aromatic heterocycles. The number of hydrogen-bond acceptors (Lipinski definition) is 7. The molecule has 0 atom stereocenters. The summed E-state index contributed by atoms with van der Waals surface area (Å²) in [5.41, 5.74) is 0.630. The largest absolute Gasteiger partial charge is 0.450 e. The van der Waals surface area contributed by atoms with Crippen molar-refractivity contribution in [2.45, 2.75) is 17.7 Å². The van der Waals surface area contributed by atoms with Crippen LogP contribution in [0.5, 0.6) is 0 Å². The molecule has 1 saturated heterocycles. The fraction of sp³-hybridized carbons (Fsp3) is 0.389. The molecule has 1 aliphatic heterocycles. The minimum atomic E-state index is -3.60. The first kappa shape index (κ1) is 20.3. The van der Waals surface area contributed by atoms with Crippen LogP contribution in [0.3, 0.4) is 0 Å². The molecule has 0 aliphatic carbocycles. The Morgan fingerprint density at radius 1 is 1.07 bits per heavy atom. The van der Waals surface area contributed by atoms with Crippen LogP contribution in [0.4, 0.5) is 10.6 Å². The summed E-state index contributed by atoms with van der Waals surface area (Å²) in [6, 6.07) is 9.75. The van der Waals surface area contributed by atoms with Crippen LogP contribution in [0.1, 0.15) is 12.5 Å². The number of sulfone groups is 1. The molecule has 1 fully saturated rings. The maximum Gasteiger partial charge on any atom is 0.409 e. The number of anilines is 1. The second-order valence-electron chi connectivity index (χ2n) is 6.29. The zero-order valence-electron chi connectivity index (χ0n) is 15.4. The molecule has 8 nitrogen and oxygen atoms in total. The average Bonchev–Trinajstić information content (AvgIpc) is 2.70. The molecule has 2 heterocycles. The predicted molar refractivity (Wildman–Crippen MR) is 105 cm³/mol. The van der Waals surface area contributed by atoms with E-state index < -0.39 is 9.84 Å². The van der Waals surface area contributed by atoms with Gasteiger partial charge in [0.25, 0.3) is 0 Å². The van der Waals surface area contributed by atoms with Gasteiger partial charge in [-0.2, -0.15) is 0 Å². The standard InChI is InChI=1S/C18H21ClN4O4S/c1-2-27-18(24)23-11-9-22(10-12-23)16-7-8-17(21-20-16)28(25,26)13-14-3-5-15(19)6-4-14/h3-8H,2,9-13H2,1H3. The van der Waals surface area contributed by atoms with Gasteiger partial charge in [-0.25, -0.2) is 13.2 Å². The first-order valence-electron chi connectivity index (χ1n) is 8.86. The summed E-state index contributed by atoms with van der Waals surface area (Å²) in [7, 11) is -3.60. The van der Waals surface area contributed by atoms with E-state index in [0.29, 0.717) is 49.2 Å². The average molecular weight is 425 g/mol. The monoisotopic (exact) mass is 424 g/mol. The maximum atomic E-state index is 12.5. The molecule has 0 bridgehead atoms. The summed E-state index contributed by atoms with van der Waals surface area (Å²) in [6.45, 7) is 4.28. The highest BCUT2D eigenvalue weighted by molar-refractivity contribution is 7.90. The molecular weight excluding hydrogens is 404 g/mol. The van der Waals surface area contributed by atoms with Gasteiger partial charge >= 0.3 is 6.09 Å². The van der Waals surface area contributed by atoms with Crippen molar-refractivity contribution in [2.75, 3.05) is 37.7 Å². The van der Waals surface area contributed by atoms with E-state index in [1.165, 1.54) is 6.07 Å². The van der Waals surface area contributed by atoms with Crippen LogP contribution >= 0.6 is 11.6 Å². The Morgan fingerprint density at radius 2 is 1.75 bits per heavy atom. The molecule has 3 rings (SSSR count). The SMILES string of the molecule is CCOC(=O)N1CCN(c2ccc(S(=O)(=O)Cc3ccc(Cl)cc3)nn2)CC1. The highest BCUT2D eigenvalue weighted by Crippen LogP contribution is 2.19. The van der Waals surface area contributed by atoms with Crippen LogP contribution < -0.4 is 4.90 Å². The predicted octanol–water partition coefficient (Wildman–Crippen LogP) is 2.38. The second kappa shape index (κ2) is 8.74. The lowest BCUT2D eigenvalue weighted by molar-refractivity contribution is 0.105. The van der Waals surface area contributed by atoms with Gasteiger partial charge in [0.2, 0.25) is 9.84 Å². The van der Waals surface area contributed by atoms with Crippen LogP contribution in [-0.2, 0) is 20.3 Å². The van der Waals surface area contributed by atoms with Crippen LogP contribution in [0.15, 0.2) is 41.4 Å². The number of carbonyl (C=O) groups excluding carboxylic acids is 1. The number of hydrogen-bond donors (Lipinski definition) is 0. The number of benzene rings is 1. The van der Waals surface area contributed by atoms with Gasteiger partial charge in [0.05, 0.1) is 12.4 Å². The van der Waals surface area contributed by atoms with Crippen LogP contribution in [0.25, 0.3) is 0 Å². The van der Waals surface area contributed by atoms with Gasteiger partial charge in [0, 0.05) is 31.2 Å². The number of amides is 1. The molecule has 0 N–H and O–H groups in total. The third-order valence-electron chi connectivity index (χ3n) is 4.34.